The molecule has 128 valence electrons. The first kappa shape index (κ1) is 17.8. The predicted molar refractivity (Wildman–Crippen MR) is 92.5 cm³/mol. The molecule has 25 heavy (non-hydrogen) atoms. The topological polar surface area (TPSA) is 103 Å². The van der Waals surface area contributed by atoms with Gasteiger partial charge in [-0.3, -0.25) is 20.4 Å². The molecule has 2 aromatic carbocycles. The van der Waals surface area contributed by atoms with E-state index in [0.29, 0.717) is 11.3 Å². The first-order valence-corrected chi connectivity index (χ1v) is 7.63. The third kappa shape index (κ3) is 5.88. The second-order valence-electron chi connectivity index (χ2n) is 5.15. The fourth-order valence-electron chi connectivity index (χ4n) is 1.88. The minimum Gasteiger partial charge on any atom is -0.481 e. The van der Waals surface area contributed by atoms with Crippen LogP contribution >= 0.6 is 0 Å². The van der Waals surface area contributed by atoms with Crippen LogP contribution in [0.25, 0.3) is 0 Å². The number of hydrazine groups is 1. The van der Waals surface area contributed by atoms with E-state index in [1.54, 1.807) is 31.2 Å². The number of nitrogens with one attached hydrogen (secondary N) is 3. The second kappa shape index (κ2) is 8.93. The van der Waals surface area contributed by atoms with Crippen LogP contribution < -0.4 is 20.9 Å². The number of rotatable bonds is 6. The van der Waals surface area contributed by atoms with E-state index in [0.717, 1.165) is 5.69 Å². The van der Waals surface area contributed by atoms with Gasteiger partial charge in [-0.25, -0.2) is 0 Å². The molecule has 0 radical (unpaired) electrons. The molecule has 2 aromatic rings. The summed E-state index contributed by atoms with van der Waals surface area (Å²) in [5.74, 6) is -0.418. The molecule has 0 saturated carbocycles. The van der Waals surface area contributed by atoms with E-state index in [2.05, 4.69) is 16.2 Å². The van der Waals surface area contributed by atoms with Crippen molar-refractivity contribution in [2.24, 2.45) is 0 Å². The Morgan fingerprint density at radius 1 is 1.08 bits per heavy atom. The lowest BCUT2D eigenvalue weighted by atomic mass is 10.2. The Morgan fingerprint density at radius 2 is 1.76 bits per heavy atom. The van der Waals surface area contributed by atoms with Crippen LogP contribution in [-0.4, -0.2) is 24.5 Å². The quantitative estimate of drug-likeness (QED) is 0.694. The maximum atomic E-state index is 11.9. The summed E-state index contributed by atoms with van der Waals surface area (Å²) >= 11 is 0. The lowest BCUT2D eigenvalue weighted by Crippen LogP contribution is -2.48. The normalized spacial score (nSPS) is 10.9. The second-order valence-corrected chi connectivity index (χ2v) is 5.15. The highest BCUT2D eigenvalue weighted by Crippen LogP contribution is 2.13. The Hall–Kier alpha value is -3.53. The molecule has 0 bridgehead atoms. The SMILES string of the molecule is CC(Oc1ccc(C#N)cc1)C(=O)NNC(=O)CNc1ccccc1. The van der Waals surface area contributed by atoms with Crippen molar-refractivity contribution in [3.8, 4) is 11.8 Å². The van der Waals surface area contributed by atoms with Crippen LogP contribution in [0.3, 0.4) is 0 Å². The maximum absolute atomic E-state index is 11.9. The van der Waals surface area contributed by atoms with Gasteiger partial charge in [-0.1, -0.05) is 18.2 Å². The summed E-state index contributed by atoms with van der Waals surface area (Å²) in [5.41, 5.74) is 5.93. The number of amides is 2. The van der Waals surface area contributed by atoms with Crippen molar-refractivity contribution in [1.82, 2.24) is 10.9 Å². The third-order valence-electron chi connectivity index (χ3n) is 3.22. The minimum absolute atomic E-state index is 0.0230. The minimum atomic E-state index is -0.810. The number of nitrogens with zero attached hydrogens (tertiary/aromatic N) is 1. The molecule has 1 atom stereocenters. The molecule has 0 aliphatic heterocycles. The molecule has 7 heteroatoms. The number of ether oxygens (including phenoxy) is 1. The molecule has 0 aromatic heterocycles. The average molecular weight is 338 g/mol. The fourth-order valence-corrected chi connectivity index (χ4v) is 1.88. The van der Waals surface area contributed by atoms with Crippen molar-refractivity contribution in [3.63, 3.8) is 0 Å². The molecule has 0 aliphatic rings. The lowest BCUT2D eigenvalue weighted by Gasteiger charge is -2.15. The van der Waals surface area contributed by atoms with Crippen molar-refractivity contribution in [1.29, 1.82) is 5.26 Å². The molecule has 1 unspecified atom stereocenters. The van der Waals surface area contributed by atoms with Crippen molar-refractivity contribution in [2.45, 2.75) is 13.0 Å². The highest BCUT2D eigenvalue weighted by Gasteiger charge is 2.15. The zero-order chi connectivity index (χ0) is 18.1. The summed E-state index contributed by atoms with van der Waals surface area (Å²) in [4.78, 5) is 23.6. The van der Waals surface area contributed by atoms with Crippen LogP contribution in [-0.2, 0) is 9.59 Å². The highest BCUT2D eigenvalue weighted by molar-refractivity contribution is 5.86. The summed E-state index contributed by atoms with van der Waals surface area (Å²) < 4.78 is 5.45. The van der Waals surface area contributed by atoms with Crippen LogP contribution in [0.15, 0.2) is 54.6 Å². The number of anilines is 1. The summed E-state index contributed by atoms with van der Waals surface area (Å²) in [6.45, 7) is 1.58. The van der Waals surface area contributed by atoms with E-state index < -0.39 is 12.0 Å². The first-order valence-electron chi connectivity index (χ1n) is 7.63. The number of carbonyl (C=O) groups excluding carboxylic acids is 2. The molecule has 0 spiro atoms. The zero-order valence-corrected chi connectivity index (χ0v) is 13.7. The standard InChI is InChI=1S/C18H18N4O3/c1-13(25-16-9-7-14(11-19)8-10-16)18(24)22-21-17(23)12-20-15-5-3-2-4-6-15/h2-10,13,20H,12H2,1H3,(H,21,23)(H,22,24). The van der Waals surface area contributed by atoms with Gasteiger partial charge in [0.05, 0.1) is 18.2 Å². The summed E-state index contributed by atoms with van der Waals surface area (Å²) in [6, 6.07) is 17.6. The van der Waals surface area contributed by atoms with E-state index in [1.165, 1.54) is 0 Å². The number of hydrogen-bond acceptors (Lipinski definition) is 5. The van der Waals surface area contributed by atoms with Gasteiger partial charge in [0.15, 0.2) is 6.10 Å². The number of nitriles is 1. The summed E-state index contributed by atoms with van der Waals surface area (Å²) in [6.07, 6.45) is -0.810. The van der Waals surface area contributed by atoms with Gasteiger partial charge in [-0.15, -0.1) is 0 Å². The number of hydrogen-bond donors (Lipinski definition) is 3. The summed E-state index contributed by atoms with van der Waals surface area (Å²) in [5, 5.41) is 11.7. The van der Waals surface area contributed by atoms with Gasteiger partial charge >= 0.3 is 0 Å². The number of benzene rings is 2. The Bertz CT molecular complexity index is 754. The van der Waals surface area contributed by atoms with Gasteiger partial charge in [0.2, 0.25) is 0 Å². The average Bonchev–Trinajstić information content (AvgIpc) is 2.65. The molecule has 0 aliphatic carbocycles. The Labute approximate surface area is 145 Å². The Balaban J connectivity index is 1.73. The van der Waals surface area contributed by atoms with Crippen LogP contribution in [0.1, 0.15) is 12.5 Å². The van der Waals surface area contributed by atoms with Crippen LogP contribution in [0, 0.1) is 11.3 Å². The van der Waals surface area contributed by atoms with E-state index in [1.807, 2.05) is 36.4 Å². The molecule has 0 heterocycles. The van der Waals surface area contributed by atoms with Crippen molar-refractivity contribution >= 4 is 17.5 Å². The van der Waals surface area contributed by atoms with Crippen LogP contribution in [0.5, 0.6) is 5.75 Å². The summed E-state index contributed by atoms with van der Waals surface area (Å²) in [7, 11) is 0. The molecular weight excluding hydrogens is 320 g/mol. The van der Waals surface area contributed by atoms with Gasteiger partial charge in [0.1, 0.15) is 5.75 Å². The van der Waals surface area contributed by atoms with Gasteiger partial charge in [0.25, 0.3) is 11.8 Å². The Morgan fingerprint density at radius 3 is 2.40 bits per heavy atom. The van der Waals surface area contributed by atoms with Crippen molar-refractivity contribution in [3.05, 3.63) is 60.2 Å². The third-order valence-corrected chi connectivity index (χ3v) is 3.22. The van der Waals surface area contributed by atoms with Gasteiger partial charge in [0, 0.05) is 5.69 Å². The van der Waals surface area contributed by atoms with Crippen molar-refractivity contribution < 1.29 is 14.3 Å². The molecule has 0 fully saturated rings. The Kier molecular flexibility index (Phi) is 6.37. The molecular formula is C18H18N4O3. The number of carbonyl (C=O) groups is 2. The fraction of sp³-hybridized carbons (Fsp3) is 0.167. The van der Waals surface area contributed by atoms with E-state index in [-0.39, 0.29) is 12.5 Å². The highest BCUT2D eigenvalue weighted by atomic mass is 16.5. The van der Waals surface area contributed by atoms with E-state index >= 15 is 0 Å². The van der Waals surface area contributed by atoms with Crippen molar-refractivity contribution in [2.75, 3.05) is 11.9 Å². The molecule has 3 N–H and O–H groups in total. The zero-order valence-electron chi connectivity index (χ0n) is 13.7. The molecule has 2 rings (SSSR count). The smallest absolute Gasteiger partial charge is 0.279 e. The van der Waals surface area contributed by atoms with Gasteiger partial charge in [-0.2, -0.15) is 5.26 Å². The molecule has 7 nitrogen and oxygen atoms in total. The monoisotopic (exact) mass is 338 g/mol. The molecule has 2 amide bonds. The first-order chi connectivity index (χ1) is 12.1. The predicted octanol–water partition coefficient (Wildman–Crippen LogP) is 1.59. The largest absolute Gasteiger partial charge is 0.481 e. The van der Waals surface area contributed by atoms with Gasteiger partial charge < -0.3 is 10.1 Å². The molecule has 0 saturated heterocycles. The van der Waals surface area contributed by atoms with E-state index in [4.69, 9.17) is 10.00 Å². The van der Waals surface area contributed by atoms with Gasteiger partial charge in [-0.05, 0) is 43.3 Å². The number of para-hydroxylation sites is 1. The lowest BCUT2D eigenvalue weighted by molar-refractivity contribution is -0.132. The maximum Gasteiger partial charge on any atom is 0.279 e. The van der Waals surface area contributed by atoms with Crippen LogP contribution in [0.4, 0.5) is 5.69 Å². The van der Waals surface area contributed by atoms with Crippen LogP contribution in [0.2, 0.25) is 0 Å². The van der Waals surface area contributed by atoms with E-state index in [9.17, 15) is 9.59 Å².